The number of hydrogen-bond acceptors (Lipinski definition) is 3. The molecule has 0 amide bonds. The van der Waals surface area contributed by atoms with Gasteiger partial charge in [0.05, 0.1) is 17.7 Å². The standard InChI is InChI=1S/C10H10BrFN2O2/c11-8-6(10(13)14)1-2-7(9(8)12)16-5-3-15-4-5/h1-2,5H,3-4H2,(H3,13,14). The predicted molar refractivity (Wildman–Crippen MR) is 60.4 cm³/mol. The summed E-state index contributed by atoms with van der Waals surface area (Å²) in [4.78, 5) is 0. The molecule has 0 aliphatic carbocycles. The third-order valence-electron chi connectivity index (χ3n) is 2.24. The van der Waals surface area contributed by atoms with Gasteiger partial charge >= 0.3 is 0 Å². The fraction of sp³-hybridized carbons (Fsp3) is 0.300. The van der Waals surface area contributed by atoms with Gasteiger partial charge in [-0.05, 0) is 28.1 Å². The Labute approximate surface area is 100 Å². The maximum atomic E-state index is 13.8. The first-order valence-electron chi connectivity index (χ1n) is 4.66. The van der Waals surface area contributed by atoms with Gasteiger partial charge in [0, 0.05) is 5.56 Å². The summed E-state index contributed by atoms with van der Waals surface area (Å²) in [6.07, 6.45) is -0.0930. The number of nitrogens with two attached hydrogens (primary N) is 1. The van der Waals surface area contributed by atoms with E-state index in [4.69, 9.17) is 20.6 Å². The molecule has 16 heavy (non-hydrogen) atoms. The van der Waals surface area contributed by atoms with Gasteiger partial charge in [0.1, 0.15) is 11.9 Å². The molecule has 6 heteroatoms. The van der Waals surface area contributed by atoms with Crippen molar-refractivity contribution in [2.75, 3.05) is 13.2 Å². The van der Waals surface area contributed by atoms with Crippen molar-refractivity contribution in [3.63, 3.8) is 0 Å². The highest BCUT2D eigenvalue weighted by Crippen LogP contribution is 2.29. The van der Waals surface area contributed by atoms with Crippen LogP contribution in [0.15, 0.2) is 16.6 Å². The zero-order valence-electron chi connectivity index (χ0n) is 8.30. The lowest BCUT2D eigenvalue weighted by atomic mass is 10.2. The highest BCUT2D eigenvalue weighted by Gasteiger charge is 2.23. The van der Waals surface area contributed by atoms with Crippen molar-refractivity contribution in [2.24, 2.45) is 5.73 Å². The van der Waals surface area contributed by atoms with Gasteiger partial charge in [-0.1, -0.05) is 0 Å². The molecule has 1 fully saturated rings. The van der Waals surface area contributed by atoms with Crippen molar-refractivity contribution < 1.29 is 13.9 Å². The van der Waals surface area contributed by atoms with Gasteiger partial charge in [-0.25, -0.2) is 4.39 Å². The first kappa shape index (κ1) is 11.3. The molecule has 0 spiro atoms. The van der Waals surface area contributed by atoms with Gasteiger partial charge in [0.15, 0.2) is 11.6 Å². The quantitative estimate of drug-likeness (QED) is 0.656. The Bertz CT molecular complexity index is 435. The lowest BCUT2D eigenvalue weighted by Crippen LogP contribution is -2.38. The van der Waals surface area contributed by atoms with Crippen molar-refractivity contribution in [3.8, 4) is 5.75 Å². The van der Waals surface area contributed by atoms with Crippen molar-refractivity contribution in [1.82, 2.24) is 0 Å². The summed E-state index contributed by atoms with van der Waals surface area (Å²) in [6, 6.07) is 3.01. The smallest absolute Gasteiger partial charge is 0.179 e. The van der Waals surface area contributed by atoms with Gasteiger partial charge in [-0.3, -0.25) is 5.41 Å². The third kappa shape index (κ3) is 2.03. The molecule has 1 saturated heterocycles. The molecule has 0 radical (unpaired) electrons. The maximum absolute atomic E-state index is 13.8. The van der Waals surface area contributed by atoms with Gasteiger partial charge in [0.2, 0.25) is 0 Å². The molecule has 0 bridgehead atoms. The first-order chi connectivity index (χ1) is 7.59. The molecule has 1 aromatic carbocycles. The number of hydrogen-bond donors (Lipinski definition) is 2. The number of halogens is 2. The third-order valence-corrected chi connectivity index (χ3v) is 3.01. The van der Waals surface area contributed by atoms with Crippen molar-refractivity contribution >= 4 is 21.8 Å². The SMILES string of the molecule is N=C(N)c1ccc(OC2COC2)c(F)c1Br. The number of ether oxygens (including phenoxy) is 2. The molecular weight excluding hydrogens is 279 g/mol. The van der Waals surface area contributed by atoms with E-state index in [2.05, 4.69) is 15.9 Å². The zero-order valence-corrected chi connectivity index (χ0v) is 9.88. The minimum atomic E-state index is -0.542. The Morgan fingerprint density at radius 2 is 2.25 bits per heavy atom. The van der Waals surface area contributed by atoms with Crippen LogP contribution >= 0.6 is 15.9 Å². The summed E-state index contributed by atoms with van der Waals surface area (Å²) in [5, 5.41) is 7.25. The summed E-state index contributed by atoms with van der Waals surface area (Å²) in [5.74, 6) is -0.589. The summed E-state index contributed by atoms with van der Waals surface area (Å²) < 4.78 is 24.2. The molecule has 4 nitrogen and oxygen atoms in total. The van der Waals surface area contributed by atoms with Crippen molar-refractivity contribution in [2.45, 2.75) is 6.10 Å². The number of amidine groups is 1. The highest BCUT2D eigenvalue weighted by atomic mass is 79.9. The van der Waals surface area contributed by atoms with E-state index >= 15 is 0 Å². The normalized spacial score (nSPS) is 15.6. The van der Waals surface area contributed by atoms with Crippen LogP contribution in [0.1, 0.15) is 5.56 Å². The minimum Gasteiger partial charge on any atom is -0.482 e. The Hall–Kier alpha value is -1.14. The molecule has 0 saturated carbocycles. The molecule has 0 atom stereocenters. The molecule has 86 valence electrons. The van der Waals surface area contributed by atoms with Gasteiger partial charge in [-0.15, -0.1) is 0 Å². The van der Waals surface area contributed by atoms with E-state index in [0.29, 0.717) is 18.8 Å². The van der Waals surface area contributed by atoms with E-state index in [1.807, 2.05) is 0 Å². The second-order valence-electron chi connectivity index (χ2n) is 3.43. The molecule has 1 aliphatic rings. The van der Waals surface area contributed by atoms with Crippen LogP contribution in [-0.4, -0.2) is 25.2 Å². The molecule has 0 aromatic heterocycles. The van der Waals surface area contributed by atoms with E-state index in [-0.39, 0.29) is 22.2 Å². The van der Waals surface area contributed by atoms with Crippen LogP contribution in [0.25, 0.3) is 0 Å². The summed E-state index contributed by atoms with van der Waals surface area (Å²) >= 11 is 3.05. The van der Waals surface area contributed by atoms with E-state index in [0.717, 1.165) is 0 Å². The second-order valence-corrected chi connectivity index (χ2v) is 4.22. The summed E-state index contributed by atoms with van der Waals surface area (Å²) in [7, 11) is 0. The molecule has 1 heterocycles. The minimum absolute atomic E-state index is 0.0930. The van der Waals surface area contributed by atoms with Gasteiger partial charge in [0.25, 0.3) is 0 Å². The molecule has 3 N–H and O–H groups in total. The number of nitrogens with one attached hydrogen (secondary N) is 1. The Morgan fingerprint density at radius 1 is 1.56 bits per heavy atom. The van der Waals surface area contributed by atoms with Crippen LogP contribution in [0.3, 0.4) is 0 Å². The van der Waals surface area contributed by atoms with E-state index in [1.54, 1.807) is 6.07 Å². The Kier molecular flexibility index (Phi) is 3.11. The van der Waals surface area contributed by atoms with E-state index in [1.165, 1.54) is 6.07 Å². The highest BCUT2D eigenvalue weighted by molar-refractivity contribution is 9.10. The van der Waals surface area contributed by atoms with Crippen LogP contribution < -0.4 is 10.5 Å². The van der Waals surface area contributed by atoms with Crippen molar-refractivity contribution in [3.05, 3.63) is 28.0 Å². The first-order valence-corrected chi connectivity index (χ1v) is 5.45. The van der Waals surface area contributed by atoms with Crippen LogP contribution in [0, 0.1) is 11.2 Å². The molecule has 2 rings (SSSR count). The second kappa shape index (κ2) is 4.39. The fourth-order valence-corrected chi connectivity index (χ4v) is 1.83. The maximum Gasteiger partial charge on any atom is 0.179 e. The lowest BCUT2D eigenvalue weighted by molar-refractivity contribution is -0.0809. The van der Waals surface area contributed by atoms with Crippen LogP contribution in [-0.2, 0) is 4.74 Å². The predicted octanol–water partition coefficient (Wildman–Crippen LogP) is 1.65. The zero-order chi connectivity index (χ0) is 11.7. The van der Waals surface area contributed by atoms with E-state index in [9.17, 15) is 4.39 Å². The average molecular weight is 289 g/mol. The Morgan fingerprint density at radius 3 is 2.75 bits per heavy atom. The van der Waals surface area contributed by atoms with Crippen LogP contribution in [0.2, 0.25) is 0 Å². The Balaban J connectivity index is 2.26. The monoisotopic (exact) mass is 288 g/mol. The molecular formula is C10H10BrFN2O2. The molecule has 1 aromatic rings. The number of benzene rings is 1. The topological polar surface area (TPSA) is 68.3 Å². The largest absolute Gasteiger partial charge is 0.482 e. The van der Waals surface area contributed by atoms with E-state index < -0.39 is 5.82 Å². The van der Waals surface area contributed by atoms with Crippen molar-refractivity contribution in [1.29, 1.82) is 5.41 Å². The number of rotatable bonds is 3. The average Bonchev–Trinajstić information content (AvgIpc) is 2.17. The summed E-state index contributed by atoms with van der Waals surface area (Å²) in [6.45, 7) is 0.955. The van der Waals surface area contributed by atoms with Crippen LogP contribution in [0.5, 0.6) is 5.75 Å². The fourth-order valence-electron chi connectivity index (χ4n) is 1.29. The summed E-state index contributed by atoms with van der Waals surface area (Å²) in [5.41, 5.74) is 5.61. The lowest BCUT2D eigenvalue weighted by Gasteiger charge is -2.27. The molecule has 1 aliphatic heterocycles. The van der Waals surface area contributed by atoms with Gasteiger partial charge < -0.3 is 15.2 Å². The van der Waals surface area contributed by atoms with Crippen LogP contribution in [0.4, 0.5) is 4.39 Å². The van der Waals surface area contributed by atoms with Gasteiger partial charge in [-0.2, -0.15) is 0 Å². The molecule has 0 unspecified atom stereocenters. The number of nitrogen functional groups attached to an aromatic ring is 1.